The molecule has 2 aromatic carbocycles. The first-order valence-electron chi connectivity index (χ1n) is 9.70. The van der Waals surface area contributed by atoms with E-state index in [1.165, 1.54) is 18.4 Å². The van der Waals surface area contributed by atoms with Crippen LogP contribution >= 0.6 is 0 Å². The van der Waals surface area contributed by atoms with Crippen LogP contribution in [0.1, 0.15) is 36.4 Å². The number of fused-ring (bicyclic) bond motifs is 1. The topological polar surface area (TPSA) is 50.4 Å². The van der Waals surface area contributed by atoms with Crippen molar-refractivity contribution in [3.05, 3.63) is 65.6 Å². The molecule has 1 unspecified atom stereocenters. The molecule has 2 aliphatic rings. The maximum Gasteiger partial charge on any atom is 0.231 e. The molecule has 0 amide bonds. The lowest BCUT2D eigenvalue weighted by Crippen LogP contribution is -2.33. The van der Waals surface area contributed by atoms with E-state index in [-0.39, 0.29) is 12.6 Å². The molecule has 0 aliphatic carbocycles. The van der Waals surface area contributed by atoms with Crippen molar-refractivity contribution in [3.63, 3.8) is 0 Å². The number of rotatable bonds is 4. The summed E-state index contributed by atoms with van der Waals surface area (Å²) < 4.78 is 24.3. The number of ether oxygens (including phenoxy) is 2. The highest BCUT2D eigenvalue weighted by Gasteiger charge is 2.25. The molecule has 3 heterocycles. The fourth-order valence-electron chi connectivity index (χ4n) is 4.19. The van der Waals surface area contributed by atoms with E-state index in [0.29, 0.717) is 6.04 Å². The molecular weight excluding hydrogens is 357 g/mol. The second kappa shape index (κ2) is 7.28. The predicted molar refractivity (Wildman–Crippen MR) is 104 cm³/mol. The molecule has 1 aromatic heterocycles. The van der Waals surface area contributed by atoms with Gasteiger partial charge in [0, 0.05) is 23.7 Å². The van der Waals surface area contributed by atoms with Gasteiger partial charge in [-0.1, -0.05) is 18.6 Å². The highest BCUT2D eigenvalue weighted by atomic mass is 19.1. The lowest BCUT2D eigenvalue weighted by molar-refractivity contribution is 0.140. The third-order valence-corrected chi connectivity index (χ3v) is 5.62. The third-order valence-electron chi connectivity index (χ3n) is 5.62. The summed E-state index contributed by atoms with van der Waals surface area (Å²) in [5, 5.41) is 7.44. The molecule has 1 fully saturated rings. The first-order valence-corrected chi connectivity index (χ1v) is 9.70. The van der Waals surface area contributed by atoms with E-state index in [2.05, 4.69) is 15.1 Å². The molecule has 5 nitrogen and oxygen atoms in total. The van der Waals surface area contributed by atoms with Crippen LogP contribution in [0.15, 0.2) is 48.7 Å². The molecule has 0 spiro atoms. The van der Waals surface area contributed by atoms with E-state index in [0.717, 1.165) is 47.8 Å². The predicted octanol–water partition coefficient (Wildman–Crippen LogP) is 4.67. The van der Waals surface area contributed by atoms with Crippen LogP contribution in [0.25, 0.3) is 11.3 Å². The summed E-state index contributed by atoms with van der Waals surface area (Å²) in [6, 6.07) is 13.2. The average molecular weight is 379 g/mol. The fourth-order valence-corrected chi connectivity index (χ4v) is 4.19. The van der Waals surface area contributed by atoms with Gasteiger partial charge >= 0.3 is 0 Å². The van der Waals surface area contributed by atoms with E-state index in [4.69, 9.17) is 9.47 Å². The van der Waals surface area contributed by atoms with Gasteiger partial charge in [-0.2, -0.15) is 5.10 Å². The van der Waals surface area contributed by atoms with Crippen molar-refractivity contribution in [1.82, 2.24) is 15.1 Å². The van der Waals surface area contributed by atoms with Crippen molar-refractivity contribution in [2.45, 2.75) is 31.8 Å². The standard InChI is InChI=1S/C22H22FN3O2/c23-18-7-4-15(5-8-18)19-3-1-2-10-26(19)13-17-12-24-25-22(17)16-6-9-20-21(11-16)28-14-27-20/h4-9,11-12,19H,1-3,10,13-14H2,(H,24,25). The Bertz CT molecular complexity index is 970. The molecule has 3 aromatic rings. The highest BCUT2D eigenvalue weighted by Crippen LogP contribution is 2.37. The van der Waals surface area contributed by atoms with Gasteiger partial charge in [0.15, 0.2) is 11.5 Å². The number of hydrogen-bond donors (Lipinski definition) is 1. The lowest BCUT2D eigenvalue weighted by atomic mass is 9.94. The van der Waals surface area contributed by atoms with E-state index in [9.17, 15) is 4.39 Å². The zero-order chi connectivity index (χ0) is 18.9. The number of hydrogen-bond acceptors (Lipinski definition) is 4. The molecule has 28 heavy (non-hydrogen) atoms. The monoisotopic (exact) mass is 379 g/mol. The minimum absolute atomic E-state index is 0.189. The summed E-state index contributed by atoms with van der Waals surface area (Å²) in [6.45, 7) is 2.08. The number of halogens is 1. The van der Waals surface area contributed by atoms with Crippen LogP contribution in [-0.4, -0.2) is 28.4 Å². The van der Waals surface area contributed by atoms with Gasteiger partial charge in [-0.3, -0.25) is 10.00 Å². The molecule has 2 aliphatic heterocycles. The summed E-state index contributed by atoms with van der Waals surface area (Å²) in [5.74, 6) is 1.35. The molecular formula is C22H22FN3O2. The molecule has 5 rings (SSSR count). The van der Waals surface area contributed by atoms with Crippen molar-refractivity contribution in [2.24, 2.45) is 0 Å². The number of aromatic nitrogens is 2. The van der Waals surface area contributed by atoms with Crippen molar-refractivity contribution in [2.75, 3.05) is 13.3 Å². The van der Waals surface area contributed by atoms with Crippen LogP contribution in [0.3, 0.4) is 0 Å². The number of likely N-dealkylation sites (tertiary alicyclic amines) is 1. The lowest BCUT2D eigenvalue weighted by Gasteiger charge is -2.36. The highest BCUT2D eigenvalue weighted by molar-refractivity contribution is 5.67. The normalized spacial score (nSPS) is 19.1. The largest absolute Gasteiger partial charge is 0.454 e. The Hall–Kier alpha value is -2.86. The Morgan fingerprint density at radius 3 is 2.82 bits per heavy atom. The third kappa shape index (κ3) is 3.24. The fraction of sp³-hybridized carbons (Fsp3) is 0.318. The first-order chi connectivity index (χ1) is 13.8. The molecule has 1 N–H and O–H groups in total. The smallest absolute Gasteiger partial charge is 0.231 e. The summed E-state index contributed by atoms with van der Waals surface area (Å²) in [7, 11) is 0. The average Bonchev–Trinajstić information content (AvgIpc) is 3.38. The molecule has 0 radical (unpaired) electrons. The van der Waals surface area contributed by atoms with Crippen LogP contribution in [0.5, 0.6) is 11.5 Å². The number of nitrogens with one attached hydrogen (secondary N) is 1. The van der Waals surface area contributed by atoms with Gasteiger partial charge < -0.3 is 9.47 Å². The van der Waals surface area contributed by atoms with Gasteiger partial charge in [0.05, 0.1) is 11.9 Å². The van der Waals surface area contributed by atoms with E-state index in [1.54, 1.807) is 12.1 Å². The number of aromatic amines is 1. The number of H-pyrrole nitrogens is 1. The maximum atomic E-state index is 13.3. The van der Waals surface area contributed by atoms with Crippen molar-refractivity contribution in [3.8, 4) is 22.8 Å². The van der Waals surface area contributed by atoms with Crippen LogP contribution in [-0.2, 0) is 6.54 Å². The Balaban J connectivity index is 1.41. The Morgan fingerprint density at radius 2 is 1.93 bits per heavy atom. The van der Waals surface area contributed by atoms with E-state index < -0.39 is 0 Å². The van der Waals surface area contributed by atoms with Crippen LogP contribution in [0.2, 0.25) is 0 Å². The van der Waals surface area contributed by atoms with Gasteiger partial charge in [-0.15, -0.1) is 0 Å². The van der Waals surface area contributed by atoms with Crippen molar-refractivity contribution >= 4 is 0 Å². The number of piperidine rings is 1. The number of benzene rings is 2. The summed E-state index contributed by atoms with van der Waals surface area (Å²) >= 11 is 0. The second-order valence-electron chi connectivity index (χ2n) is 7.37. The molecule has 0 bridgehead atoms. The Morgan fingerprint density at radius 1 is 1.07 bits per heavy atom. The molecule has 0 saturated carbocycles. The van der Waals surface area contributed by atoms with E-state index >= 15 is 0 Å². The van der Waals surface area contributed by atoms with Crippen molar-refractivity contribution < 1.29 is 13.9 Å². The minimum atomic E-state index is -0.189. The summed E-state index contributed by atoms with van der Waals surface area (Å²) in [4.78, 5) is 2.47. The second-order valence-corrected chi connectivity index (χ2v) is 7.37. The molecule has 1 saturated heterocycles. The quantitative estimate of drug-likeness (QED) is 0.716. The van der Waals surface area contributed by atoms with Gasteiger partial charge in [0.2, 0.25) is 6.79 Å². The molecule has 6 heteroatoms. The van der Waals surface area contributed by atoms with E-state index in [1.807, 2.05) is 36.5 Å². The zero-order valence-corrected chi connectivity index (χ0v) is 15.5. The van der Waals surface area contributed by atoms with Crippen LogP contribution < -0.4 is 9.47 Å². The van der Waals surface area contributed by atoms with Crippen molar-refractivity contribution in [1.29, 1.82) is 0 Å². The number of nitrogens with zero attached hydrogens (tertiary/aromatic N) is 2. The van der Waals surface area contributed by atoms with Crippen LogP contribution in [0.4, 0.5) is 4.39 Å². The molecule has 144 valence electrons. The summed E-state index contributed by atoms with van der Waals surface area (Å²) in [5.41, 5.74) is 4.36. The Labute approximate surface area is 163 Å². The van der Waals surface area contributed by atoms with Gasteiger partial charge in [0.25, 0.3) is 0 Å². The van der Waals surface area contributed by atoms with Crippen LogP contribution in [0, 0.1) is 5.82 Å². The van der Waals surface area contributed by atoms with Gasteiger partial charge in [-0.05, 0) is 55.3 Å². The van der Waals surface area contributed by atoms with Gasteiger partial charge in [-0.25, -0.2) is 4.39 Å². The van der Waals surface area contributed by atoms with Gasteiger partial charge in [0.1, 0.15) is 5.82 Å². The molecule has 1 atom stereocenters. The zero-order valence-electron chi connectivity index (χ0n) is 15.5. The maximum absolute atomic E-state index is 13.3. The Kier molecular flexibility index (Phi) is 4.49. The minimum Gasteiger partial charge on any atom is -0.454 e. The SMILES string of the molecule is Fc1ccc(C2CCCCN2Cc2cn[nH]c2-c2ccc3c(c2)OCO3)cc1. The summed E-state index contributed by atoms with van der Waals surface area (Å²) in [6.07, 6.45) is 5.35. The first kappa shape index (κ1) is 17.3.